The fourth-order valence-electron chi connectivity index (χ4n) is 6.08. The van der Waals surface area contributed by atoms with Gasteiger partial charge in [-0.05, 0) is 42.7 Å². The lowest BCUT2D eigenvalue weighted by Gasteiger charge is -2.36. The number of anilines is 2. The summed E-state index contributed by atoms with van der Waals surface area (Å²) in [4.78, 5) is 74.4. The first-order valence-corrected chi connectivity index (χ1v) is 16.8. The molecule has 53 heavy (non-hydrogen) atoms. The van der Waals surface area contributed by atoms with E-state index >= 15 is 0 Å². The van der Waals surface area contributed by atoms with Crippen molar-refractivity contribution in [3.05, 3.63) is 90.7 Å². The topological polar surface area (TPSA) is 176 Å². The van der Waals surface area contributed by atoms with Crippen LogP contribution < -0.4 is 26.7 Å². The Balaban J connectivity index is 1.26. The summed E-state index contributed by atoms with van der Waals surface area (Å²) in [5.74, 6) is -2.74. The van der Waals surface area contributed by atoms with E-state index in [0.29, 0.717) is 31.4 Å². The normalized spacial score (nSPS) is 15.0. The van der Waals surface area contributed by atoms with Crippen LogP contribution in [0.5, 0.6) is 0 Å². The van der Waals surface area contributed by atoms with Crippen molar-refractivity contribution in [1.82, 2.24) is 34.4 Å². The molecule has 0 aliphatic carbocycles. The van der Waals surface area contributed by atoms with E-state index < -0.39 is 65.2 Å². The number of nitrogens with zero attached hydrogens (tertiary/aromatic N) is 6. The predicted octanol–water partition coefficient (Wildman–Crippen LogP) is 2.47. The fourth-order valence-corrected chi connectivity index (χ4v) is 6.31. The number of nitrogens with one attached hydrogen (secondary N) is 3. The van der Waals surface area contributed by atoms with Crippen LogP contribution in [0.4, 0.5) is 28.9 Å². The van der Waals surface area contributed by atoms with Crippen LogP contribution in [0.3, 0.4) is 0 Å². The number of carbonyl (C=O) groups is 3. The molecule has 0 saturated carbocycles. The quantitative estimate of drug-likeness (QED) is 0.217. The van der Waals surface area contributed by atoms with Gasteiger partial charge in [0, 0.05) is 32.2 Å². The first-order chi connectivity index (χ1) is 25.2. The van der Waals surface area contributed by atoms with Crippen LogP contribution in [0.25, 0.3) is 11.4 Å². The number of halogens is 5. The van der Waals surface area contributed by atoms with Crippen molar-refractivity contribution < 1.29 is 36.7 Å². The van der Waals surface area contributed by atoms with E-state index in [4.69, 9.17) is 16.3 Å². The highest BCUT2D eigenvalue weighted by atomic mass is 35.5. The number of ether oxygens (including phenoxy) is 1. The maximum Gasteiger partial charge on any atom is 0.416 e. The van der Waals surface area contributed by atoms with Crippen molar-refractivity contribution in [1.29, 1.82) is 0 Å². The van der Waals surface area contributed by atoms with Crippen LogP contribution in [0.1, 0.15) is 40.9 Å². The van der Waals surface area contributed by atoms with Crippen molar-refractivity contribution in [2.24, 2.45) is 0 Å². The molecule has 4 aromatic rings. The van der Waals surface area contributed by atoms with Gasteiger partial charge in [0.2, 0.25) is 23.2 Å². The smallest absolute Gasteiger partial charge is 0.377 e. The fraction of sp³-hybridized carbons (Fsp3) is 0.364. The Morgan fingerprint density at radius 2 is 1.83 bits per heavy atom. The summed E-state index contributed by atoms with van der Waals surface area (Å²) < 4.78 is 61.6. The van der Waals surface area contributed by atoms with Gasteiger partial charge in [0.15, 0.2) is 11.6 Å². The zero-order chi connectivity index (χ0) is 38.0. The standard InChI is InChI=1S/C33H32ClF4N9O6/c1-2-23-28(45-11-9-44(10-12-45)26(50)16-39-30(51)27-21(35)4-6-24(48)41-27)31(52)47-32(42-29(43-47)18-7-13-53-14-8-18)46(23)17-25(49)40-22-5-3-19(15-20(22)34)33(36,37)38/h3-7,15H,2,8-14,16-17H2,1H3,(H,39,51)(H,40,49)(H,41,48). The number of amides is 3. The van der Waals surface area contributed by atoms with Gasteiger partial charge in [-0.15, -0.1) is 5.10 Å². The first kappa shape index (κ1) is 37.2. The highest BCUT2D eigenvalue weighted by Gasteiger charge is 2.32. The molecule has 15 nitrogen and oxygen atoms in total. The molecule has 20 heteroatoms. The largest absolute Gasteiger partial charge is 0.416 e. The number of rotatable bonds is 9. The number of H-pyrrole nitrogens is 1. The van der Waals surface area contributed by atoms with Gasteiger partial charge in [-0.3, -0.25) is 24.0 Å². The van der Waals surface area contributed by atoms with E-state index in [1.165, 1.54) is 9.47 Å². The van der Waals surface area contributed by atoms with Crippen molar-refractivity contribution in [3.8, 4) is 0 Å². The molecular formula is C33H32ClF4N9O6. The molecule has 1 saturated heterocycles. The Kier molecular flexibility index (Phi) is 10.7. The molecule has 5 heterocycles. The minimum absolute atomic E-state index is 0.0475. The molecule has 2 aliphatic rings. The molecule has 0 spiro atoms. The maximum absolute atomic E-state index is 14.1. The highest BCUT2D eigenvalue weighted by molar-refractivity contribution is 6.33. The Labute approximate surface area is 302 Å². The second-order valence-electron chi connectivity index (χ2n) is 12.1. The van der Waals surface area contributed by atoms with E-state index in [9.17, 15) is 41.5 Å². The molecule has 3 amide bonds. The Hall–Kier alpha value is -5.56. The summed E-state index contributed by atoms with van der Waals surface area (Å²) in [5.41, 5.74) is -1.46. The molecule has 280 valence electrons. The van der Waals surface area contributed by atoms with Gasteiger partial charge in [0.05, 0.1) is 41.7 Å². The molecule has 0 atom stereocenters. The summed E-state index contributed by atoms with van der Waals surface area (Å²) in [5, 5.41) is 9.02. The number of aromatic amines is 1. The average Bonchev–Trinajstić information content (AvgIpc) is 3.59. The van der Waals surface area contributed by atoms with E-state index in [1.54, 1.807) is 17.9 Å². The first-order valence-electron chi connectivity index (χ1n) is 16.4. The number of carbonyl (C=O) groups excluding carboxylic acids is 3. The summed E-state index contributed by atoms with van der Waals surface area (Å²) in [7, 11) is 0. The van der Waals surface area contributed by atoms with Crippen molar-refractivity contribution in [2.45, 2.75) is 32.5 Å². The van der Waals surface area contributed by atoms with E-state index in [-0.39, 0.29) is 60.6 Å². The number of pyridine rings is 1. The predicted molar refractivity (Wildman–Crippen MR) is 183 cm³/mol. The molecule has 3 aromatic heterocycles. The number of aromatic nitrogens is 5. The summed E-state index contributed by atoms with van der Waals surface area (Å²) >= 11 is 6.09. The van der Waals surface area contributed by atoms with Gasteiger partial charge in [0.25, 0.3) is 11.5 Å². The lowest BCUT2D eigenvalue weighted by molar-refractivity contribution is -0.137. The van der Waals surface area contributed by atoms with Crippen molar-refractivity contribution in [3.63, 3.8) is 0 Å². The second-order valence-corrected chi connectivity index (χ2v) is 12.5. The number of piperazine rings is 1. The monoisotopic (exact) mass is 761 g/mol. The number of hydrogen-bond donors (Lipinski definition) is 3. The number of fused-ring (bicyclic) bond motifs is 1. The third-order valence-corrected chi connectivity index (χ3v) is 9.04. The number of alkyl halides is 3. The van der Waals surface area contributed by atoms with Gasteiger partial charge in [-0.1, -0.05) is 24.6 Å². The van der Waals surface area contributed by atoms with Crippen LogP contribution >= 0.6 is 11.6 Å². The maximum atomic E-state index is 14.1. The van der Waals surface area contributed by atoms with Gasteiger partial charge in [0.1, 0.15) is 17.9 Å². The van der Waals surface area contributed by atoms with Gasteiger partial charge >= 0.3 is 6.18 Å². The van der Waals surface area contributed by atoms with E-state index in [1.807, 2.05) is 0 Å². The lowest BCUT2D eigenvalue weighted by Crippen LogP contribution is -2.52. The molecule has 1 fully saturated rings. The summed E-state index contributed by atoms with van der Waals surface area (Å²) in [6, 6.07) is 4.32. The molecule has 2 aliphatic heterocycles. The van der Waals surface area contributed by atoms with Crippen LogP contribution in [0, 0.1) is 5.82 Å². The second kappa shape index (κ2) is 15.2. The minimum atomic E-state index is -4.63. The molecular weight excluding hydrogens is 730 g/mol. The van der Waals surface area contributed by atoms with Crippen LogP contribution in [-0.4, -0.2) is 92.7 Å². The summed E-state index contributed by atoms with van der Waals surface area (Å²) in [6.07, 6.45) is -2.11. The number of hydrogen-bond acceptors (Lipinski definition) is 9. The summed E-state index contributed by atoms with van der Waals surface area (Å²) in [6.45, 7) is 2.24. The van der Waals surface area contributed by atoms with E-state index in [0.717, 1.165) is 34.4 Å². The number of benzene rings is 1. The highest BCUT2D eigenvalue weighted by Crippen LogP contribution is 2.34. The van der Waals surface area contributed by atoms with Gasteiger partial charge in [-0.25, -0.2) is 4.39 Å². The van der Waals surface area contributed by atoms with Gasteiger partial charge in [-0.2, -0.15) is 22.7 Å². The third kappa shape index (κ3) is 7.95. The lowest BCUT2D eigenvalue weighted by atomic mass is 10.1. The Bertz CT molecular complexity index is 2240. The van der Waals surface area contributed by atoms with Crippen molar-refractivity contribution in [2.75, 3.05) is 56.2 Å². The Morgan fingerprint density at radius 1 is 1.08 bits per heavy atom. The van der Waals surface area contributed by atoms with E-state index in [2.05, 4.69) is 25.7 Å². The van der Waals surface area contributed by atoms with Crippen LogP contribution in [0.2, 0.25) is 5.02 Å². The molecule has 0 radical (unpaired) electrons. The Morgan fingerprint density at radius 3 is 2.49 bits per heavy atom. The van der Waals surface area contributed by atoms with Gasteiger partial charge < -0.3 is 34.7 Å². The molecule has 0 unspecified atom stereocenters. The molecule has 0 bridgehead atoms. The molecule has 1 aromatic carbocycles. The minimum Gasteiger partial charge on any atom is -0.377 e. The third-order valence-electron chi connectivity index (χ3n) is 8.73. The molecule has 6 rings (SSSR count). The SMILES string of the molecule is CCc1c(N2CCN(C(=O)CNC(=O)c3[nH]c(=O)ccc3F)CC2)c(=O)n2nc(C3=CCOCC3)nc2n1CC(=O)Nc1ccc(C(F)(F)F)cc1Cl. The molecule has 3 N–H and O–H groups in total. The zero-order valence-corrected chi connectivity index (χ0v) is 28.8. The zero-order valence-electron chi connectivity index (χ0n) is 28.1. The average molecular weight is 762 g/mol. The van der Waals surface area contributed by atoms with Crippen LogP contribution in [0.15, 0.2) is 46.0 Å². The van der Waals surface area contributed by atoms with Crippen LogP contribution in [-0.2, 0) is 33.5 Å². The van der Waals surface area contributed by atoms with Crippen molar-refractivity contribution >= 4 is 52.0 Å².